The molecule has 44 valence electrons. The van der Waals surface area contributed by atoms with E-state index in [0.29, 0.717) is 0 Å². The van der Waals surface area contributed by atoms with Crippen molar-refractivity contribution in [3.63, 3.8) is 0 Å². The third kappa shape index (κ3) is 524. The molecular formula is H11BeClO4. The molecular weight excluding hydrogens is 108 g/mol. The van der Waals surface area contributed by atoms with Gasteiger partial charge < -0.3 is 21.9 Å². The SMILES string of the molecule is Cl.O.O.O.O.[BeH2]. The van der Waals surface area contributed by atoms with Gasteiger partial charge in [-0.1, -0.05) is 0 Å². The van der Waals surface area contributed by atoms with E-state index in [1.807, 2.05) is 0 Å². The molecule has 0 atom stereocenters. The molecule has 0 spiro atoms. The Kier molecular flexibility index (Phi) is 362000. The van der Waals surface area contributed by atoms with E-state index < -0.39 is 0 Å². The molecule has 0 fully saturated rings. The molecule has 0 amide bonds. The summed E-state index contributed by atoms with van der Waals surface area (Å²) < 4.78 is 0. The van der Waals surface area contributed by atoms with Crippen molar-refractivity contribution in [2.45, 2.75) is 0 Å². The van der Waals surface area contributed by atoms with Crippen LogP contribution in [0.2, 0.25) is 0 Å². The van der Waals surface area contributed by atoms with Gasteiger partial charge in [0.1, 0.15) is 0 Å². The third-order valence-corrected chi connectivity index (χ3v) is 0. The van der Waals surface area contributed by atoms with E-state index in [1.165, 1.54) is 0 Å². The van der Waals surface area contributed by atoms with Crippen LogP contribution in [0.5, 0.6) is 0 Å². The van der Waals surface area contributed by atoms with Gasteiger partial charge >= 0.3 is 10.1 Å². The van der Waals surface area contributed by atoms with Gasteiger partial charge in [-0.25, -0.2) is 0 Å². The van der Waals surface area contributed by atoms with Crippen LogP contribution >= 0.6 is 12.4 Å². The first-order valence-electron chi connectivity index (χ1n) is 0. The van der Waals surface area contributed by atoms with Crippen LogP contribution in [0.1, 0.15) is 0 Å². The summed E-state index contributed by atoms with van der Waals surface area (Å²) in [7, 11) is 0. The molecule has 0 unspecified atom stereocenters. The van der Waals surface area contributed by atoms with Crippen LogP contribution in [0.25, 0.3) is 0 Å². The fourth-order valence-electron chi connectivity index (χ4n) is 0. The fourth-order valence-corrected chi connectivity index (χ4v) is 0. The quantitative estimate of drug-likeness (QED) is 0.290. The summed E-state index contributed by atoms with van der Waals surface area (Å²) in [5.41, 5.74) is 0. The molecule has 4 nitrogen and oxygen atoms in total. The third-order valence-electron chi connectivity index (χ3n) is 0. The normalized spacial score (nSPS) is 0. The van der Waals surface area contributed by atoms with E-state index >= 15 is 0 Å². The van der Waals surface area contributed by atoms with Crippen LogP contribution in [0.4, 0.5) is 0 Å². The van der Waals surface area contributed by atoms with Crippen LogP contribution in [0, 0.1) is 0 Å². The first kappa shape index (κ1) is 1980. The van der Waals surface area contributed by atoms with Gasteiger partial charge in [-0.2, -0.15) is 0 Å². The average Bonchev–Trinajstić information content (AvgIpc) is 0. The van der Waals surface area contributed by atoms with Gasteiger partial charge in [0.15, 0.2) is 0 Å². The molecule has 0 aromatic rings. The fraction of sp³-hybridized carbons (Fsp3) is 0. The molecule has 6 heteroatoms. The molecule has 0 aliphatic carbocycles. The first-order valence-corrected chi connectivity index (χ1v) is 0. The number of hydrogen-bond acceptors (Lipinski definition) is 0. The van der Waals surface area contributed by atoms with Gasteiger partial charge in [-0.15, -0.1) is 12.4 Å². The summed E-state index contributed by atoms with van der Waals surface area (Å²) in [6.45, 7) is 0. The zero-order valence-electron chi connectivity index (χ0n) is 2.41. The second kappa shape index (κ2) is 1100. The van der Waals surface area contributed by atoms with Crippen molar-refractivity contribution in [3.05, 3.63) is 0 Å². The molecule has 0 aromatic heterocycles. The Morgan fingerprint density at radius 1 is 0.500 bits per heavy atom. The Morgan fingerprint density at radius 3 is 0.500 bits per heavy atom. The van der Waals surface area contributed by atoms with Gasteiger partial charge in [0, 0.05) is 0 Å². The van der Waals surface area contributed by atoms with Gasteiger partial charge in [-0.05, 0) is 0 Å². The van der Waals surface area contributed by atoms with Crippen LogP contribution in [-0.2, 0) is 0 Å². The van der Waals surface area contributed by atoms with E-state index in [2.05, 4.69) is 0 Å². The first-order chi connectivity index (χ1) is 0. The van der Waals surface area contributed by atoms with Gasteiger partial charge in [0.05, 0.1) is 0 Å². The van der Waals surface area contributed by atoms with Crippen molar-refractivity contribution in [2.75, 3.05) is 0 Å². The summed E-state index contributed by atoms with van der Waals surface area (Å²) in [5.74, 6) is 0. The van der Waals surface area contributed by atoms with Gasteiger partial charge in [0.25, 0.3) is 0 Å². The maximum absolute atomic E-state index is 0. The standard InChI is InChI=1S/Be.ClH.4H2O.2H/h;1H;4*1H2;;. The van der Waals surface area contributed by atoms with Gasteiger partial charge in [0.2, 0.25) is 0 Å². The zero-order valence-corrected chi connectivity index (χ0v) is 3.22. The molecule has 0 saturated carbocycles. The monoisotopic (exact) mass is 119 g/mol. The maximum atomic E-state index is 0. The summed E-state index contributed by atoms with van der Waals surface area (Å²) in [6, 6.07) is 0. The summed E-state index contributed by atoms with van der Waals surface area (Å²) in [4.78, 5) is 0. The predicted molar refractivity (Wildman–Crippen MR) is 30.2 cm³/mol. The Bertz CT molecular complexity index is 7.51. The Morgan fingerprint density at radius 2 is 0.500 bits per heavy atom. The van der Waals surface area contributed by atoms with Crippen molar-refractivity contribution in [2.24, 2.45) is 0 Å². The Hall–Kier alpha value is 0.299. The molecule has 8 N–H and O–H groups in total. The predicted octanol–water partition coefficient (Wildman–Crippen LogP) is -3.79. The molecule has 0 aliphatic heterocycles. The van der Waals surface area contributed by atoms with Crippen LogP contribution in [0.3, 0.4) is 0 Å². The number of hydrogen-bond donors (Lipinski definition) is 0. The van der Waals surface area contributed by atoms with E-state index in [9.17, 15) is 0 Å². The minimum absolute atomic E-state index is 0. The van der Waals surface area contributed by atoms with E-state index in [4.69, 9.17) is 0 Å². The molecule has 0 heterocycles. The molecule has 0 rings (SSSR count). The second-order valence-corrected chi connectivity index (χ2v) is 0. The number of halogens is 1. The van der Waals surface area contributed by atoms with E-state index in [0.717, 1.165) is 0 Å². The average molecular weight is 120 g/mol. The van der Waals surface area contributed by atoms with Crippen molar-refractivity contribution in [3.8, 4) is 0 Å². The van der Waals surface area contributed by atoms with E-state index in [1.54, 1.807) is 0 Å². The molecule has 0 aliphatic rings. The van der Waals surface area contributed by atoms with Crippen LogP contribution < -0.4 is 0 Å². The van der Waals surface area contributed by atoms with Crippen molar-refractivity contribution < 1.29 is 21.9 Å². The number of rotatable bonds is 0. The second-order valence-electron chi connectivity index (χ2n) is 0. The summed E-state index contributed by atoms with van der Waals surface area (Å²) in [6.07, 6.45) is 0. The molecule has 0 radical (unpaired) electrons. The molecule has 0 saturated heterocycles. The topological polar surface area (TPSA) is 126 Å². The molecule has 0 aromatic carbocycles. The summed E-state index contributed by atoms with van der Waals surface area (Å²) >= 11 is 0. The molecule has 0 bridgehead atoms. The molecule has 6 heavy (non-hydrogen) atoms. The van der Waals surface area contributed by atoms with Crippen molar-refractivity contribution >= 4 is 22.5 Å². The van der Waals surface area contributed by atoms with E-state index in [-0.39, 0.29) is 44.4 Å². The van der Waals surface area contributed by atoms with Crippen molar-refractivity contribution in [1.29, 1.82) is 0 Å². The van der Waals surface area contributed by atoms with Crippen molar-refractivity contribution in [1.82, 2.24) is 0 Å². The van der Waals surface area contributed by atoms with Gasteiger partial charge in [-0.3, -0.25) is 0 Å². The zero-order chi connectivity index (χ0) is 0. The Labute approximate surface area is 45.4 Å². The van der Waals surface area contributed by atoms with Crippen LogP contribution in [0.15, 0.2) is 0 Å². The summed E-state index contributed by atoms with van der Waals surface area (Å²) in [5, 5.41) is 0. The van der Waals surface area contributed by atoms with Crippen LogP contribution in [-0.4, -0.2) is 32.0 Å². The Balaban J connectivity index is 0. The minimum atomic E-state index is 0.